The highest BCUT2D eigenvalue weighted by atomic mass is 16.5. The minimum atomic E-state index is 0.507. The van der Waals surface area contributed by atoms with Crippen molar-refractivity contribution in [3.05, 3.63) is 59.4 Å². The SMILES string of the molecule is CCCc1ccc(OCc2cccc(CNCC)n2)cc1. The highest BCUT2D eigenvalue weighted by Crippen LogP contribution is 2.14. The second-order valence-electron chi connectivity index (χ2n) is 5.08. The van der Waals surface area contributed by atoms with Crippen LogP contribution in [0.1, 0.15) is 37.2 Å². The van der Waals surface area contributed by atoms with Crippen LogP contribution in [0.2, 0.25) is 0 Å². The van der Waals surface area contributed by atoms with Gasteiger partial charge in [0.2, 0.25) is 0 Å². The fourth-order valence-electron chi connectivity index (χ4n) is 2.16. The minimum absolute atomic E-state index is 0.507. The average Bonchev–Trinajstić information content (AvgIpc) is 2.53. The maximum absolute atomic E-state index is 5.80. The van der Waals surface area contributed by atoms with Crippen molar-refractivity contribution in [3.8, 4) is 5.75 Å². The van der Waals surface area contributed by atoms with Crippen molar-refractivity contribution in [1.29, 1.82) is 0 Å². The van der Waals surface area contributed by atoms with E-state index in [0.717, 1.165) is 36.6 Å². The number of nitrogens with one attached hydrogen (secondary N) is 1. The smallest absolute Gasteiger partial charge is 0.130 e. The third kappa shape index (κ3) is 5.20. The number of aryl methyl sites for hydroxylation is 1. The number of ether oxygens (including phenoxy) is 1. The molecule has 0 atom stereocenters. The molecular weight excluding hydrogens is 260 g/mol. The van der Waals surface area contributed by atoms with Crippen LogP contribution in [0.25, 0.3) is 0 Å². The van der Waals surface area contributed by atoms with Gasteiger partial charge in [0.15, 0.2) is 0 Å². The van der Waals surface area contributed by atoms with Gasteiger partial charge in [0.25, 0.3) is 0 Å². The monoisotopic (exact) mass is 284 g/mol. The first-order chi connectivity index (χ1) is 10.3. The van der Waals surface area contributed by atoms with Crippen LogP contribution >= 0.6 is 0 Å². The molecule has 2 aromatic rings. The van der Waals surface area contributed by atoms with Crippen LogP contribution in [0.3, 0.4) is 0 Å². The van der Waals surface area contributed by atoms with E-state index >= 15 is 0 Å². The van der Waals surface area contributed by atoms with Gasteiger partial charge in [-0.15, -0.1) is 0 Å². The van der Waals surface area contributed by atoms with E-state index in [9.17, 15) is 0 Å². The second-order valence-corrected chi connectivity index (χ2v) is 5.08. The van der Waals surface area contributed by atoms with E-state index in [0.29, 0.717) is 6.61 Å². The van der Waals surface area contributed by atoms with Crippen LogP contribution < -0.4 is 10.1 Å². The molecule has 1 aromatic heterocycles. The zero-order valence-electron chi connectivity index (χ0n) is 12.9. The number of hydrogen-bond donors (Lipinski definition) is 1. The summed E-state index contributed by atoms with van der Waals surface area (Å²) in [5, 5.41) is 3.28. The van der Waals surface area contributed by atoms with Crippen molar-refractivity contribution in [1.82, 2.24) is 10.3 Å². The van der Waals surface area contributed by atoms with E-state index in [4.69, 9.17) is 4.74 Å². The van der Waals surface area contributed by atoms with Gasteiger partial charge >= 0.3 is 0 Å². The van der Waals surface area contributed by atoms with Crippen molar-refractivity contribution in [2.24, 2.45) is 0 Å². The second kappa shape index (κ2) is 8.42. The average molecular weight is 284 g/mol. The largest absolute Gasteiger partial charge is 0.487 e. The van der Waals surface area contributed by atoms with Crippen LogP contribution in [0.4, 0.5) is 0 Å². The Morgan fingerprint density at radius 3 is 2.48 bits per heavy atom. The lowest BCUT2D eigenvalue weighted by molar-refractivity contribution is 0.301. The number of rotatable bonds is 8. The van der Waals surface area contributed by atoms with Crippen LogP contribution in [-0.4, -0.2) is 11.5 Å². The molecule has 0 spiro atoms. The van der Waals surface area contributed by atoms with Crippen LogP contribution in [-0.2, 0) is 19.6 Å². The first kappa shape index (κ1) is 15.5. The minimum Gasteiger partial charge on any atom is -0.487 e. The Morgan fingerprint density at radius 1 is 1.00 bits per heavy atom. The number of nitrogens with zero attached hydrogens (tertiary/aromatic N) is 1. The Hall–Kier alpha value is -1.87. The van der Waals surface area contributed by atoms with E-state index in [2.05, 4.69) is 36.3 Å². The zero-order chi connectivity index (χ0) is 14.9. The van der Waals surface area contributed by atoms with Gasteiger partial charge in [-0.3, -0.25) is 4.98 Å². The van der Waals surface area contributed by atoms with Gasteiger partial charge in [-0.05, 0) is 42.8 Å². The lowest BCUT2D eigenvalue weighted by atomic mass is 10.1. The molecule has 2 rings (SSSR count). The molecule has 21 heavy (non-hydrogen) atoms. The molecule has 1 aromatic carbocycles. The summed E-state index contributed by atoms with van der Waals surface area (Å²) in [6, 6.07) is 14.4. The normalized spacial score (nSPS) is 10.6. The summed E-state index contributed by atoms with van der Waals surface area (Å²) in [6.07, 6.45) is 2.29. The Kier molecular flexibility index (Phi) is 6.22. The molecule has 0 fully saturated rings. The van der Waals surface area contributed by atoms with Gasteiger partial charge in [-0.1, -0.05) is 38.5 Å². The van der Waals surface area contributed by atoms with Crippen molar-refractivity contribution >= 4 is 0 Å². The molecule has 0 amide bonds. The van der Waals surface area contributed by atoms with E-state index in [1.807, 2.05) is 30.3 Å². The van der Waals surface area contributed by atoms with Crippen LogP contribution in [0.5, 0.6) is 5.75 Å². The standard InChI is InChI=1S/C18H24N2O/c1-3-6-15-9-11-18(12-10-15)21-14-17-8-5-7-16(20-17)13-19-4-2/h5,7-12,19H,3-4,6,13-14H2,1-2H3. The molecule has 0 bridgehead atoms. The molecule has 0 saturated heterocycles. The van der Waals surface area contributed by atoms with Crippen LogP contribution in [0.15, 0.2) is 42.5 Å². The van der Waals surface area contributed by atoms with Gasteiger partial charge in [0.1, 0.15) is 12.4 Å². The number of pyridine rings is 1. The summed E-state index contributed by atoms with van der Waals surface area (Å²) in [5.41, 5.74) is 3.37. The predicted molar refractivity (Wildman–Crippen MR) is 86.4 cm³/mol. The van der Waals surface area contributed by atoms with Gasteiger partial charge in [0.05, 0.1) is 11.4 Å². The molecule has 1 heterocycles. The topological polar surface area (TPSA) is 34.1 Å². The fraction of sp³-hybridized carbons (Fsp3) is 0.389. The predicted octanol–water partition coefficient (Wildman–Crippen LogP) is 3.72. The number of aromatic nitrogens is 1. The van der Waals surface area contributed by atoms with Crippen molar-refractivity contribution in [3.63, 3.8) is 0 Å². The van der Waals surface area contributed by atoms with E-state index in [1.54, 1.807) is 0 Å². The van der Waals surface area contributed by atoms with Gasteiger partial charge in [-0.2, -0.15) is 0 Å². The van der Waals surface area contributed by atoms with E-state index in [1.165, 1.54) is 12.0 Å². The molecule has 0 aliphatic heterocycles. The summed E-state index contributed by atoms with van der Waals surface area (Å²) in [6.45, 7) is 6.54. The van der Waals surface area contributed by atoms with E-state index < -0.39 is 0 Å². The zero-order valence-corrected chi connectivity index (χ0v) is 12.9. The summed E-state index contributed by atoms with van der Waals surface area (Å²) >= 11 is 0. The first-order valence-electron chi connectivity index (χ1n) is 7.69. The Morgan fingerprint density at radius 2 is 1.76 bits per heavy atom. The van der Waals surface area contributed by atoms with Gasteiger partial charge in [-0.25, -0.2) is 0 Å². The molecule has 0 saturated carbocycles. The number of hydrogen-bond acceptors (Lipinski definition) is 3. The molecule has 0 radical (unpaired) electrons. The first-order valence-corrected chi connectivity index (χ1v) is 7.69. The molecule has 0 aliphatic carbocycles. The Bertz CT molecular complexity index is 537. The van der Waals surface area contributed by atoms with Gasteiger partial charge in [0, 0.05) is 6.54 Å². The summed E-state index contributed by atoms with van der Waals surface area (Å²) < 4.78 is 5.80. The molecule has 1 N–H and O–H groups in total. The highest BCUT2D eigenvalue weighted by molar-refractivity contribution is 5.27. The summed E-state index contributed by atoms with van der Waals surface area (Å²) in [5.74, 6) is 0.897. The molecule has 0 unspecified atom stereocenters. The Balaban J connectivity index is 1.90. The summed E-state index contributed by atoms with van der Waals surface area (Å²) in [7, 11) is 0. The summed E-state index contributed by atoms with van der Waals surface area (Å²) in [4.78, 5) is 4.58. The van der Waals surface area contributed by atoms with Crippen molar-refractivity contribution in [2.45, 2.75) is 39.8 Å². The fourth-order valence-corrected chi connectivity index (χ4v) is 2.16. The van der Waals surface area contributed by atoms with Crippen molar-refractivity contribution < 1.29 is 4.74 Å². The maximum atomic E-state index is 5.80. The Labute approximate surface area is 127 Å². The third-order valence-electron chi connectivity index (χ3n) is 3.27. The molecule has 3 nitrogen and oxygen atoms in total. The highest BCUT2D eigenvalue weighted by Gasteiger charge is 2.00. The lowest BCUT2D eigenvalue weighted by Crippen LogP contribution is -2.13. The third-order valence-corrected chi connectivity index (χ3v) is 3.27. The number of benzene rings is 1. The molecule has 3 heteroatoms. The van der Waals surface area contributed by atoms with Crippen LogP contribution in [0, 0.1) is 0 Å². The van der Waals surface area contributed by atoms with Gasteiger partial charge < -0.3 is 10.1 Å². The lowest BCUT2D eigenvalue weighted by Gasteiger charge is -2.08. The molecule has 0 aliphatic rings. The van der Waals surface area contributed by atoms with E-state index in [-0.39, 0.29) is 0 Å². The molecule has 112 valence electrons. The van der Waals surface area contributed by atoms with Crippen molar-refractivity contribution in [2.75, 3.05) is 6.54 Å². The molecular formula is C18H24N2O. The maximum Gasteiger partial charge on any atom is 0.130 e. The quantitative estimate of drug-likeness (QED) is 0.802.